The average molecular weight is 258 g/mol. The van der Waals surface area contributed by atoms with Crippen molar-refractivity contribution in [2.24, 2.45) is 0 Å². The fraction of sp³-hybridized carbons (Fsp3) is 0.417. The second kappa shape index (κ2) is 5.89. The molecule has 4 nitrogen and oxygen atoms in total. The van der Waals surface area contributed by atoms with Crippen LogP contribution in [0.5, 0.6) is 5.75 Å². The van der Waals surface area contributed by atoms with Crippen molar-refractivity contribution in [1.82, 2.24) is 5.32 Å². The van der Waals surface area contributed by atoms with Crippen LogP contribution in [0.1, 0.15) is 6.92 Å². The van der Waals surface area contributed by atoms with Crippen molar-refractivity contribution in [3.05, 3.63) is 29.3 Å². The standard InChI is InChI=1S/C12H16ClNO3/c1-12(14-2,11(15)16-3)8-17-10-6-4-9(13)5-7-10/h4-7,14H,8H2,1-3H3. The molecule has 1 aromatic rings. The maximum Gasteiger partial charge on any atom is 0.329 e. The zero-order valence-electron chi connectivity index (χ0n) is 10.1. The number of benzene rings is 1. The van der Waals surface area contributed by atoms with Crippen LogP contribution in [0.3, 0.4) is 0 Å². The van der Waals surface area contributed by atoms with Crippen LogP contribution in [-0.4, -0.2) is 32.3 Å². The van der Waals surface area contributed by atoms with E-state index < -0.39 is 5.54 Å². The van der Waals surface area contributed by atoms with Gasteiger partial charge in [-0.1, -0.05) is 11.6 Å². The molecule has 0 spiro atoms. The quantitative estimate of drug-likeness (QED) is 0.818. The van der Waals surface area contributed by atoms with E-state index in [0.717, 1.165) is 0 Å². The number of likely N-dealkylation sites (N-methyl/N-ethyl adjacent to an activating group) is 1. The molecule has 94 valence electrons. The Morgan fingerprint density at radius 1 is 1.41 bits per heavy atom. The van der Waals surface area contributed by atoms with Crippen molar-refractivity contribution in [2.75, 3.05) is 20.8 Å². The van der Waals surface area contributed by atoms with E-state index in [9.17, 15) is 4.79 Å². The third-order valence-corrected chi connectivity index (χ3v) is 2.78. The first-order valence-electron chi connectivity index (χ1n) is 5.17. The zero-order valence-corrected chi connectivity index (χ0v) is 10.9. The van der Waals surface area contributed by atoms with Gasteiger partial charge in [-0.25, -0.2) is 4.79 Å². The Kier molecular flexibility index (Phi) is 4.78. The van der Waals surface area contributed by atoms with Crippen molar-refractivity contribution >= 4 is 17.6 Å². The van der Waals surface area contributed by atoms with Gasteiger partial charge in [-0.05, 0) is 38.2 Å². The van der Waals surface area contributed by atoms with Gasteiger partial charge in [0.05, 0.1) is 7.11 Å². The van der Waals surface area contributed by atoms with E-state index in [1.54, 1.807) is 38.2 Å². The topological polar surface area (TPSA) is 47.6 Å². The molecule has 0 amide bonds. The summed E-state index contributed by atoms with van der Waals surface area (Å²) in [5.41, 5.74) is -0.867. The van der Waals surface area contributed by atoms with Gasteiger partial charge in [0, 0.05) is 5.02 Å². The number of halogens is 1. The Labute approximate surface area is 106 Å². The number of ether oxygens (including phenoxy) is 2. The minimum Gasteiger partial charge on any atom is -0.491 e. The molecule has 0 saturated heterocycles. The number of hydrogen-bond donors (Lipinski definition) is 1. The van der Waals surface area contributed by atoms with Crippen LogP contribution in [0, 0.1) is 0 Å². The lowest BCUT2D eigenvalue weighted by Gasteiger charge is -2.25. The van der Waals surface area contributed by atoms with Gasteiger partial charge in [0.25, 0.3) is 0 Å². The van der Waals surface area contributed by atoms with Crippen molar-refractivity contribution in [3.8, 4) is 5.75 Å². The lowest BCUT2D eigenvalue weighted by Crippen LogP contribution is -2.52. The molecule has 1 aromatic carbocycles. The Bertz CT molecular complexity index is 380. The molecule has 17 heavy (non-hydrogen) atoms. The largest absolute Gasteiger partial charge is 0.491 e. The van der Waals surface area contributed by atoms with Gasteiger partial charge < -0.3 is 14.8 Å². The smallest absolute Gasteiger partial charge is 0.329 e. The average Bonchev–Trinajstić information content (AvgIpc) is 2.36. The van der Waals surface area contributed by atoms with Gasteiger partial charge in [0.15, 0.2) is 0 Å². The Hall–Kier alpha value is -1.26. The van der Waals surface area contributed by atoms with Crippen LogP contribution in [0.25, 0.3) is 0 Å². The predicted octanol–water partition coefficient (Wildman–Crippen LogP) is 1.87. The molecule has 0 aromatic heterocycles. The number of rotatable bonds is 5. The van der Waals surface area contributed by atoms with E-state index in [0.29, 0.717) is 10.8 Å². The fourth-order valence-electron chi connectivity index (χ4n) is 1.22. The Morgan fingerprint density at radius 2 is 2.00 bits per heavy atom. The maximum atomic E-state index is 11.6. The first kappa shape index (κ1) is 13.8. The molecule has 1 unspecified atom stereocenters. The first-order valence-corrected chi connectivity index (χ1v) is 5.55. The SMILES string of the molecule is CNC(C)(COc1ccc(Cl)cc1)C(=O)OC. The molecule has 1 rings (SSSR count). The minimum absolute atomic E-state index is 0.178. The van der Waals surface area contributed by atoms with Crippen molar-refractivity contribution in [3.63, 3.8) is 0 Å². The van der Waals surface area contributed by atoms with E-state index in [-0.39, 0.29) is 12.6 Å². The first-order chi connectivity index (χ1) is 8.01. The van der Waals surface area contributed by atoms with E-state index in [1.807, 2.05) is 0 Å². The van der Waals surface area contributed by atoms with E-state index >= 15 is 0 Å². The molecule has 0 fully saturated rings. The highest BCUT2D eigenvalue weighted by atomic mass is 35.5. The van der Waals surface area contributed by atoms with E-state index in [1.165, 1.54) is 7.11 Å². The monoisotopic (exact) mass is 257 g/mol. The number of carbonyl (C=O) groups is 1. The van der Waals surface area contributed by atoms with Crippen LogP contribution >= 0.6 is 11.6 Å². The zero-order chi connectivity index (χ0) is 12.9. The highest BCUT2D eigenvalue weighted by molar-refractivity contribution is 6.30. The number of carbonyl (C=O) groups excluding carboxylic acids is 1. The van der Waals surface area contributed by atoms with E-state index in [2.05, 4.69) is 5.32 Å². The molecule has 1 N–H and O–H groups in total. The Balaban J connectivity index is 2.65. The van der Waals surface area contributed by atoms with Gasteiger partial charge in [0.2, 0.25) is 0 Å². The molecule has 0 aliphatic carbocycles. The van der Waals surface area contributed by atoms with Crippen LogP contribution in [0.2, 0.25) is 5.02 Å². The summed E-state index contributed by atoms with van der Waals surface area (Å²) in [6, 6.07) is 6.95. The molecule has 0 saturated carbocycles. The third-order valence-electron chi connectivity index (χ3n) is 2.53. The normalized spacial score (nSPS) is 13.9. The molecule has 5 heteroatoms. The summed E-state index contributed by atoms with van der Waals surface area (Å²) >= 11 is 5.76. The van der Waals surface area contributed by atoms with E-state index in [4.69, 9.17) is 21.1 Å². The van der Waals surface area contributed by atoms with Crippen LogP contribution in [-0.2, 0) is 9.53 Å². The minimum atomic E-state index is -0.867. The van der Waals surface area contributed by atoms with Crippen LogP contribution < -0.4 is 10.1 Å². The predicted molar refractivity (Wildman–Crippen MR) is 66.4 cm³/mol. The van der Waals surface area contributed by atoms with Crippen molar-refractivity contribution in [1.29, 1.82) is 0 Å². The summed E-state index contributed by atoms with van der Waals surface area (Å²) in [6.07, 6.45) is 0. The Morgan fingerprint density at radius 3 is 2.47 bits per heavy atom. The summed E-state index contributed by atoms with van der Waals surface area (Å²) in [7, 11) is 3.03. The molecular weight excluding hydrogens is 242 g/mol. The highest BCUT2D eigenvalue weighted by Crippen LogP contribution is 2.17. The van der Waals surface area contributed by atoms with Crippen LogP contribution in [0.15, 0.2) is 24.3 Å². The second-order valence-electron chi connectivity index (χ2n) is 3.82. The van der Waals surface area contributed by atoms with Gasteiger partial charge in [-0.15, -0.1) is 0 Å². The number of esters is 1. The lowest BCUT2D eigenvalue weighted by molar-refractivity contribution is -0.148. The summed E-state index contributed by atoms with van der Waals surface area (Å²) < 4.78 is 10.2. The van der Waals surface area contributed by atoms with Gasteiger partial charge >= 0.3 is 5.97 Å². The fourth-order valence-corrected chi connectivity index (χ4v) is 1.34. The van der Waals surface area contributed by atoms with Gasteiger partial charge in [0.1, 0.15) is 17.9 Å². The molecule has 0 aliphatic rings. The molecule has 0 aliphatic heterocycles. The second-order valence-corrected chi connectivity index (χ2v) is 4.25. The number of hydrogen-bond acceptors (Lipinski definition) is 4. The van der Waals surface area contributed by atoms with Crippen LogP contribution in [0.4, 0.5) is 0 Å². The summed E-state index contributed by atoms with van der Waals surface area (Å²) in [6.45, 7) is 1.90. The summed E-state index contributed by atoms with van der Waals surface area (Å²) in [5, 5.41) is 3.53. The third kappa shape index (κ3) is 3.61. The summed E-state index contributed by atoms with van der Waals surface area (Å²) in [4.78, 5) is 11.6. The molecule has 0 heterocycles. The van der Waals surface area contributed by atoms with Gasteiger partial charge in [-0.3, -0.25) is 0 Å². The summed E-state index contributed by atoms with van der Waals surface area (Å²) in [5.74, 6) is 0.286. The maximum absolute atomic E-state index is 11.6. The number of nitrogens with one attached hydrogen (secondary N) is 1. The molecule has 1 atom stereocenters. The molecule has 0 radical (unpaired) electrons. The van der Waals surface area contributed by atoms with Crippen molar-refractivity contribution in [2.45, 2.75) is 12.5 Å². The lowest BCUT2D eigenvalue weighted by atomic mass is 10.1. The van der Waals surface area contributed by atoms with Gasteiger partial charge in [-0.2, -0.15) is 0 Å². The molecular formula is C12H16ClNO3. The van der Waals surface area contributed by atoms with Crippen molar-refractivity contribution < 1.29 is 14.3 Å². The highest BCUT2D eigenvalue weighted by Gasteiger charge is 2.33. The number of methoxy groups -OCH3 is 1. The molecule has 0 bridgehead atoms.